The fraction of sp³-hybridized carbons (Fsp3) is 0.242. The van der Waals surface area contributed by atoms with Crippen molar-refractivity contribution in [3.05, 3.63) is 126 Å². The summed E-state index contributed by atoms with van der Waals surface area (Å²) < 4.78 is 8.11. The highest BCUT2D eigenvalue weighted by Gasteiger charge is 2.44. The van der Waals surface area contributed by atoms with Crippen LogP contribution in [0.15, 0.2) is 114 Å². The van der Waals surface area contributed by atoms with Crippen molar-refractivity contribution in [1.29, 1.82) is 0 Å². The third-order valence-electron chi connectivity index (χ3n) is 7.42. The molecule has 1 aliphatic heterocycles. The number of fused-ring (bicyclic) bond motifs is 1. The van der Waals surface area contributed by atoms with Gasteiger partial charge in [0.2, 0.25) is 0 Å². The second-order valence-electron chi connectivity index (χ2n) is 10.2. The van der Waals surface area contributed by atoms with E-state index >= 15 is 0 Å². The van der Waals surface area contributed by atoms with Crippen LogP contribution in [-0.4, -0.2) is 34.0 Å². The van der Waals surface area contributed by atoms with E-state index in [1.165, 1.54) is 17.3 Å². The number of hydrogen-bond acceptors (Lipinski definition) is 5. The molecule has 0 aliphatic carbocycles. The topological polar surface area (TPSA) is 59.2 Å². The van der Waals surface area contributed by atoms with Crippen LogP contribution in [0.25, 0.3) is 16.5 Å². The zero-order chi connectivity index (χ0) is 27.2. The van der Waals surface area contributed by atoms with Crippen molar-refractivity contribution in [2.75, 3.05) is 13.2 Å². The normalized spacial score (nSPS) is 15.1. The predicted molar refractivity (Wildman–Crippen MR) is 156 cm³/mol. The lowest BCUT2D eigenvalue weighted by molar-refractivity contribution is -0.155. The van der Waals surface area contributed by atoms with Gasteiger partial charge in [-0.2, -0.15) is 10.2 Å². The third kappa shape index (κ3) is 5.82. The largest absolute Gasteiger partial charge is 0.377 e. The molecular weight excluding hydrogens is 484 g/mol. The van der Waals surface area contributed by atoms with Crippen LogP contribution in [0.2, 0.25) is 0 Å². The van der Waals surface area contributed by atoms with Crippen LogP contribution < -0.4 is 0 Å². The van der Waals surface area contributed by atoms with Gasteiger partial charge in [-0.25, -0.2) is 0 Å². The second kappa shape index (κ2) is 11.7. The molecule has 4 aromatic rings. The number of allylic oxidation sites excluding steroid dienone is 1. The van der Waals surface area contributed by atoms with Gasteiger partial charge in [0.1, 0.15) is 0 Å². The summed E-state index contributed by atoms with van der Waals surface area (Å²) in [5.74, 6) is 0.0493. The summed E-state index contributed by atoms with van der Waals surface area (Å²) in [6, 6.07) is 27.4. The molecule has 6 nitrogen and oxygen atoms in total. The summed E-state index contributed by atoms with van der Waals surface area (Å²) in [4.78, 5) is 15.3. The van der Waals surface area contributed by atoms with Crippen LogP contribution in [0, 0.1) is 0 Å². The van der Waals surface area contributed by atoms with E-state index < -0.39 is 0 Å². The van der Waals surface area contributed by atoms with Crippen molar-refractivity contribution >= 4 is 22.3 Å². The van der Waals surface area contributed by atoms with Crippen molar-refractivity contribution in [3.8, 4) is 0 Å². The number of hydrogen-bond donors (Lipinski definition) is 0. The van der Waals surface area contributed by atoms with Gasteiger partial charge in [0.25, 0.3) is 0 Å². The number of Topliss-reactive ketones (excluding diaryl/α,β-unsaturated/α-hetero) is 1. The molecular formula is C33H34N4O2. The molecule has 5 rings (SSSR count). The Morgan fingerprint density at radius 3 is 2.15 bits per heavy atom. The second-order valence-corrected chi connectivity index (χ2v) is 10.2. The molecule has 6 heteroatoms. The molecule has 0 N–H and O–H groups in total. The number of carbonyl (C=O) groups excluding carboxylic acids is 1. The van der Waals surface area contributed by atoms with Crippen molar-refractivity contribution in [3.63, 3.8) is 0 Å². The average molecular weight is 519 g/mol. The number of aromatic nitrogens is 1. The van der Waals surface area contributed by atoms with Crippen LogP contribution in [0.4, 0.5) is 0 Å². The predicted octanol–water partition coefficient (Wildman–Crippen LogP) is 7.27. The first-order valence-electron chi connectivity index (χ1n) is 13.2. The summed E-state index contributed by atoms with van der Waals surface area (Å²) in [5, 5.41) is 8.78. The van der Waals surface area contributed by atoms with Crippen LogP contribution in [0.5, 0.6) is 0 Å². The van der Waals surface area contributed by atoms with Crippen LogP contribution in [0.1, 0.15) is 40.9 Å². The highest BCUT2D eigenvalue weighted by atomic mass is 16.5. The Balaban J connectivity index is 1.52. The Morgan fingerprint density at radius 1 is 0.974 bits per heavy atom. The number of rotatable bonds is 11. The Hall–Kier alpha value is -4.13. The van der Waals surface area contributed by atoms with Crippen molar-refractivity contribution < 1.29 is 9.53 Å². The smallest absolute Gasteiger partial charge is 0.161 e. The van der Waals surface area contributed by atoms with E-state index in [0.29, 0.717) is 13.2 Å². The maximum Gasteiger partial charge on any atom is 0.161 e. The number of ketones is 1. The fourth-order valence-electron chi connectivity index (χ4n) is 5.22. The summed E-state index contributed by atoms with van der Waals surface area (Å²) >= 11 is 0. The lowest BCUT2D eigenvalue weighted by atomic mass is 9.92. The van der Waals surface area contributed by atoms with Gasteiger partial charge in [-0.3, -0.25) is 9.69 Å². The minimum atomic E-state index is -0.203. The van der Waals surface area contributed by atoms with Gasteiger partial charge in [0, 0.05) is 48.5 Å². The summed E-state index contributed by atoms with van der Waals surface area (Å²) in [6.07, 6.45) is 5.12. The Kier molecular flexibility index (Phi) is 7.96. The van der Waals surface area contributed by atoms with Gasteiger partial charge in [-0.15, -0.1) is 0 Å². The van der Waals surface area contributed by atoms with E-state index in [0.717, 1.165) is 47.2 Å². The zero-order valence-corrected chi connectivity index (χ0v) is 22.6. The Bertz CT molecular complexity index is 1470. The molecule has 0 unspecified atom stereocenters. The third-order valence-corrected chi connectivity index (χ3v) is 7.42. The van der Waals surface area contributed by atoms with Crippen molar-refractivity contribution in [2.24, 2.45) is 10.2 Å². The number of benzene rings is 3. The molecule has 0 radical (unpaired) electrons. The molecule has 1 aliphatic rings. The minimum Gasteiger partial charge on any atom is -0.377 e. The SMILES string of the molecule is C=CN=N/C=C(\C)c1ccc2c(c1)c(C(C)=O)cn2CC1(N(Cc2ccccc2)Cc2ccccc2)COC1. The van der Waals surface area contributed by atoms with Crippen LogP contribution in [0.3, 0.4) is 0 Å². The molecule has 3 aromatic carbocycles. The Labute approximate surface area is 229 Å². The molecule has 1 saturated heterocycles. The molecule has 198 valence electrons. The Morgan fingerprint density at radius 2 is 1.62 bits per heavy atom. The number of carbonyl (C=O) groups is 1. The van der Waals surface area contributed by atoms with E-state index in [9.17, 15) is 4.79 Å². The van der Waals surface area contributed by atoms with Crippen molar-refractivity contribution in [2.45, 2.75) is 39.0 Å². The van der Waals surface area contributed by atoms with Gasteiger partial charge in [0.15, 0.2) is 5.78 Å². The molecule has 0 atom stereocenters. The molecule has 0 bridgehead atoms. The van der Waals surface area contributed by atoms with Gasteiger partial charge in [-0.1, -0.05) is 73.3 Å². The first-order chi connectivity index (χ1) is 19.0. The zero-order valence-electron chi connectivity index (χ0n) is 22.6. The highest BCUT2D eigenvalue weighted by molar-refractivity contribution is 6.07. The molecule has 0 spiro atoms. The molecule has 1 fully saturated rings. The van der Waals surface area contributed by atoms with Crippen LogP contribution >= 0.6 is 0 Å². The summed E-state index contributed by atoms with van der Waals surface area (Å²) in [6.45, 7) is 10.8. The lowest BCUT2D eigenvalue weighted by Gasteiger charge is -2.50. The lowest BCUT2D eigenvalue weighted by Crippen LogP contribution is -2.63. The standard InChI is InChI=1S/C33H34N4O2/c1-4-34-35-18-25(2)29-15-16-32-30(17-29)31(26(3)38)21-36(32)22-33(23-39-24-33)37(19-27-11-7-5-8-12-27)20-28-13-9-6-10-14-28/h4-18,21H,1,19-20,22-24H2,2-3H3/b25-18+,35-34?. The maximum atomic E-state index is 12.7. The fourth-order valence-corrected chi connectivity index (χ4v) is 5.22. The van der Waals surface area contributed by atoms with Crippen molar-refractivity contribution in [1.82, 2.24) is 9.47 Å². The molecule has 1 aromatic heterocycles. The number of nitrogens with zero attached hydrogens (tertiary/aromatic N) is 4. The quantitative estimate of drug-likeness (QED) is 0.155. The number of azo groups is 1. The molecule has 0 amide bonds. The highest BCUT2D eigenvalue weighted by Crippen LogP contribution is 2.34. The van der Waals surface area contributed by atoms with E-state index in [4.69, 9.17) is 4.74 Å². The minimum absolute atomic E-state index is 0.0493. The monoisotopic (exact) mass is 518 g/mol. The van der Waals surface area contributed by atoms with E-state index in [1.54, 1.807) is 13.1 Å². The molecule has 39 heavy (non-hydrogen) atoms. The molecule has 2 heterocycles. The first kappa shape index (κ1) is 26.5. The van der Waals surface area contributed by atoms with Gasteiger partial charge in [-0.05, 0) is 48.2 Å². The summed E-state index contributed by atoms with van der Waals surface area (Å²) in [7, 11) is 0. The summed E-state index contributed by atoms with van der Waals surface area (Å²) in [5.41, 5.74) is 6.05. The maximum absolute atomic E-state index is 12.7. The van der Waals surface area contributed by atoms with E-state index in [-0.39, 0.29) is 11.3 Å². The van der Waals surface area contributed by atoms with Gasteiger partial charge >= 0.3 is 0 Å². The average Bonchev–Trinajstić information content (AvgIpc) is 3.29. The van der Waals surface area contributed by atoms with Gasteiger partial charge < -0.3 is 9.30 Å². The van der Waals surface area contributed by atoms with E-state index in [1.807, 2.05) is 13.1 Å². The van der Waals surface area contributed by atoms with Gasteiger partial charge in [0.05, 0.1) is 25.0 Å². The number of ether oxygens (including phenoxy) is 1. The van der Waals surface area contributed by atoms with E-state index in [2.05, 4.69) is 105 Å². The van der Waals surface area contributed by atoms with Crippen LogP contribution in [-0.2, 0) is 24.4 Å². The first-order valence-corrected chi connectivity index (χ1v) is 13.2. The molecule has 0 saturated carbocycles.